The topological polar surface area (TPSA) is 63.2 Å². The Hall–Kier alpha value is 0.394. The van der Waals surface area contributed by atoms with E-state index in [9.17, 15) is 4.79 Å². The lowest BCUT2D eigenvalue weighted by Crippen LogP contribution is -2.50. The summed E-state index contributed by atoms with van der Waals surface area (Å²) in [7, 11) is -8.54. The van der Waals surface area contributed by atoms with Gasteiger partial charge in [0.05, 0.1) is 6.61 Å². The number of hydrogen-bond donors (Lipinski definition) is 0. The van der Waals surface area contributed by atoms with E-state index in [1.165, 1.54) is 18.1 Å². The molecule has 0 aromatic heterocycles. The summed E-state index contributed by atoms with van der Waals surface area (Å²) in [6.07, 6.45) is -0.149. The van der Waals surface area contributed by atoms with Crippen LogP contribution in [-0.2, 0) is 26.9 Å². The Morgan fingerprint density at radius 2 is 0.667 bits per heavy atom. The second kappa shape index (κ2) is 24.5. The fraction of sp³-hybridized carbons (Fsp3) is 0.971. The van der Waals surface area contributed by atoms with Crippen molar-refractivity contribution >= 4 is 47.6 Å². The first-order valence-electron chi connectivity index (χ1n) is 19.1. The van der Waals surface area contributed by atoms with E-state index < -0.39 is 41.6 Å². The van der Waals surface area contributed by atoms with Crippen molar-refractivity contribution < 1.29 is 26.9 Å². The molecule has 0 amide bonds. The summed E-state index contributed by atoms with van der Waals surface area (Å²) in [5.41, 5.74) is 0. The molecular formula is C34H80O6Si5. The summed E-state index contributed by atoms with van der Waals surface area (Å²) >= 11 is 0. The molecule has 0 saturated heterocycles. The van der Waals surface area contributed by atoms with E-state index in [-0.39, 0.29) is 18.9 Å². The SMILES string of the molecule is CC[Si](CC)(CC)OCC(=O)O[Si](CC)(CC)CC.CC[Si](CC)(CC)OCC(O[Si](CC)(CC)CC)O[Si](CC)(CC)CC. The molecule has 0 aliphatic heterocycles. The molecule has 0 fully saturated rings. The minimum absolute atomic E-state index is 0.135. The third-order valence-corrected chi connectivity index (χ3v) is 34.8. The molecule has 0 bridgehead atoms. The van der Waals surface area contributed by atoms with Crippen LogP contribution in [0.4, 0.5) is 0 Å². The molecule has 0 N–H and O–H groups in total. The van der Waals surface area contributed by atoms with Gasteiger partial charge in [-0.15, -0.1) is 0 Å². The third-order valence-electron chi connectivity index (χ3n) is 11.8. The second-order valence-electron chi connectivity index (χ2n) is 13.0. The van der Waals surface area contributed by atoms with Crippen LogP contribution in [0.5, 0.6) is 0 Å². The van der Waals surface area contributed by atoms with Crippen molar-refractivity contribution in [2.45, 2.75) is 201 Å². The maximum atomic E-state index is 12.0. The first kappa shape index (κ1) is 47.5. The molecule has 0 aromatic rings. The predicted octanol–water partition coefficient (Wildman–Crippen LogP) is 11.9. The van der Waals surface area contributed by atoms with Gasteiger partial charge in [0, 0.05) is 0 Å². The number of carbonyl (C=O) groups is 1. The van der Waals surface area contributed by atoms with Crippen molar-refractivity contribution in [3.8, 4) is 0 Å². The Balaban J connectivity index is 0. The van der Waals surface area contributed by atoms with Crippen LogP contribution in [0.2, 0.25) is 90.7 Å². The maximum absolute atomic E-state index is 12.0. The van der Waals surface area contributed by atoms with Gasteiger partial charge in [-0.2, -0.15) is 0 Å². The highest BCUT2D eigenvalue weighted by atomic mass is 28.4. The molecule has 0 radical (unpaired) electrons. The highest BCUT2D eigenvalue weighted by Crippen LogP contribution is 2.31. The Morgan fingerprint density at radius 3 is 0.933 bits per heavy atom. The zero-order valence-corrected chi connectivity index (χ0v) is 38.0. The molecule has 11 heteroatoms. The van der Waals surface area contributed by atoms with E-state index in [4.69, 9.17) is 22.1 Å². The van der Waals surface area contributed by atoms with Gasteiger partial charge >= 0.3 is 5.97 Å². The molecule has 0 aliphatic carbocycles. The van der Waals surface area contributed by atoms with Crippen molar-refractivity contribution in [1.29, 1.82) is 0 Å². The standard InChI is InChI=1S/C20H48O3Si3.C14H32O3Si2/c1-10-24(11-2,12-3)21-19-20(22-25(13-4,14-5)15-6)23-26(16-7,17-8)18-9;1-7-18(8-2,9-3)16-13-14(15)17-19(10-4,11-5)12-6/h20H,10-19H2,1-9H3;7-13H2,1-6H3. The van der Waals surface area contributed by atoms with E-state index in [0.29, 0.717) is 6.61 Å². The molecule has 0 spiro atoms. The Labute approximate surface area is 287 Å². The van der Waals surface area contributed by atoms with Crippen molar-refractivity contribution in [2.24, 2.45) is 0 Å². The minimum Gasteiger partial charge on any atom is -0.517 e. The Bertz CT molecular complexity index is 673. The lowest BCUT2D eigenvalue weighted by Gasteiger charge is -2.40. The van der Waals surface area contributed by atoms with E-state index in [2.05, 4.69) is 104 Å². The molecule has 0 aromatic carbocycles. The summed E-state index contributed by atoms with van der Waals surface area (Å²) in [6.45, 7) is 34.4. The molecule has 0 rings (SSSR count). The fourth-order valence-electron chi connectivity index (χ4n) is 6.46. The van der Waals surface area contributed by atoms with E-state index in [1.54, 1.807) is 0 Å². The van der Waals surface area contributed by atoms with Gasteiger partial charge in [0.25, 0.3) is 8.32 Å². The van der Waals surface area contributed by atoms with Crippen LogP contribution in [0.1, 0.15) is 104 Å². The normalized spacial score (nSPS) is 13.2. The fourth-order valence-corrected chi connectivity index (χ4v) is 19.5. The monoisotopic (exact) mass is 724 g/mol. The average Bonchev–Trinajstić information content (AvgIpc) is 3.10. The van der Waals surface area contributed by atoms with Crippen LogP contribution in [0.15, 0.2) is 0 Å². The van der Waals surface area contributed by atoms with Crippen molar-refractivity contribution in [2.75, 3.05) is 13.2 Å². The van der Waals surface area contributed by atoms with E-state index >= 15 is 0 Å². The average molecular weight is 725 g/mol. The molecule has 0 unspecified atom stereocenters. The summed E-state index contributed by atoms with van der Waals surface area (Å²) in [5, 5.41) is 0. The van der Waals surface area contributed by atoms with Gasteiger partial charge in [0.2, 0.25) is 0 Å². The third kappa shape index (κ3) is 15.2. The molecule has 6 nitrogen and oxygen atoms in total. The number of hydrogen-bond acceptors (Lipinski definition) is 6. The lowest BCUT2D eigenvalue weighted by atomic mass is 10.7. The van der Waals surface area contributed by atoms with E-state index in [1.807, 2.05) is 0 Å². The van der Waals surface area contributed by atoms with Crippen LogP contribution in [-0.4, -0.2) is 67.1 Å². The molecule has 0 atom stereocenters. The zero-order valence-electron chi connectivity index (χ0n) is 33.0. The Morgan fingerprint density at radius 1 is 0.400 bits per heavy atom. The van der Waals surface area contributed by atoms with Crippen LogP contribution < -0.4 is 0 Å². The first-order chi connectivity index (χ1) is 21.3. The van der Waals surface area contributed by atoms with Crippen LogP contribution >= 0.6 is 0 Å². The molecule has 0 saturated carbocycles. The van der Waals surface area contributed by atoms with Crippen LogP contribution in [0, 0.1) is 0 Å². The minimum atomic E-state index is -1.82. The van der Waals surface area contributed by atoms with Crippen molar-refractivity contribution in [3.05, 3.63) is 0 Å². The summed E-state index contributed by atoms with van der Waals surface area (Å²) in [4.78, 5) is 12.0. The van der Waals surface area contributed by atoms with Gasteiger partial charge in [0.1, 0.15) is 6.61 Å². The van der Waals surface area contributed by atoms with Gasteiger partial charge in [-0.05, 0) is 90.7 Å². The van der Waals surface area contributed by atoms with Gasteiger partial charge in [-0.1, -0.05) is 104 Å². The molecular weight excluding hydrogens is 645 g/mol. The molecule has 0 heterocycles. The number of carbonyl (C=O) groups excluding carboxylic acids is 1. The summed E-state index contributed by atoms with van der Waals surface area (Å²) in [6, 6.07) is 16.8. The quantitative estimate of drug-likeness (QED) is 0.0654. The summed E-state index contributed by atoms with van der Waals surface area (Å²) in [5.74, 6) is -0.135. The van der Waals surface area contributed by atoms with Gasteiger partial charge in [-0.3, -0.25) is 4.79 Å². The predicted molar refractivity (Wildman–Crippen MR) is 210 cm³/mol. The van der Waals surface area contributed by atoms with Crippen LogP contribution in [0.3, 0.4) is 0 Å². The first-order valence-corrected chi connectivity index (χ1v) is 31.8. The lowest BCUT2D eigenvalue weighted by molar-refractivity contribution is -0.137. The van der Waals surface area contributed by atoms with Crippen molar-refractivity contribution in [1.82, 2.24) is 0 Å². The summed E-state index contributed by atoms with van der Waals surface area (Å²) < 4.78 is 32.1. The van der Waals surface area contributed by atoms with Gasteiger partial charge in [0.15, 0.2) is 39.6 Å². The van der Waals surface area contributed by atoms with Crippen molar-refractivity contribution in [3.63, 3.8) is 0 Å². The highest BCUT2D eigenvalue weighted by Gasteiger charge is 2.39. The second-order valence-corrected chi connectivity index (χ2v) is 36.6. The number of rotatable bonds is 26. The molecule has 0 aliphatic rings. The van der Waals surface area contributed by atoms with Crippen LogP contribution in [0.25, 0.3) is 0 Å². The zero-order chi connectivity index (χ0) is 35.2. The molecule has 272 valence electrons. The van der Waals surface area contributed by atoms with Gasteiger partial charge < -0.3 is 22.1 Å². The maximum Gasteiger partial charge on any atom is 0.317 e. The Kier molecular flexibility index (Phi) is 25.9. The highest BCUT2D eigenvalue weighted by molar-refractivity contribution is 6.76. The molecule has 45 heavy (non-hydrogen) atoms. The van der Waals surface area contributed by atoms with Gasteiger partial charge in [-0.25, -0.2) is 0 Å². The largest absolute Gasteiger partial charge is 0.517 e. The van der Waals surface area contributed by atoms with E-state index in [0.717, 1.165) is 72.5 Å². The smallest absolute Gasteiger partial charge is 0.317 e.